The number of benzene rings is 1. The van der Waals surface area contributed by atoms with Gasteiger partial charge in [0.05, 0.1) is 0 Å². The Labute approximate surface area is 100 Å². The summed E-state index contributed by atoms with van der Waals surface area (Å²) in [4.78, 5) is 0. The largest absolute Gasteiger partial charge is 0.310 e. The smallest absolute Gasteiger partial charge is 0.0454 e. The van der Waals surface area contributed by atoms with Crippen LogP contribution in [0.5, 0.6) is 0 Å². The van der Waals surface area contributed by atoms with Crippen LogP contribution in [0.3, 0.4) is 0 Å². The molecule has 0 bridgehead atoms. The maximum atomic E-state index is 6.08. The Kier molecular flexibility index (Phi) is 4.52. The predicted molar refractivity (Wildman–Crippen MR) is 63.7 cm³/mol. The fourth-order valence-electron chi connectivity index (χ4n) is 1.73. The molecule has 1 aromatic carbocycles. The minimum atomic E-state index is 0. The quantitative estimate of drug-likeness (QED) is 0.801. The van der Waals surface area contributed by atoms with E-state index in [0.717, 1.165) is 28.6 Å². The van der Waals surface area contributed by atoms with Gasteiger partial charge in [-0.2, -0.15) is 0 Å². The van der Waals surface area contributed by atoms with Gasteiger partial charge in [-0.25, -0.2) is 0 Å². The first kappa shape index (κ1) is 12.1. The molecular weight excluding hydrogens is 240 g/mol. The van der Waals surface area contributed by atoms with Crippen molar-refractivity contribution < 1.29 is 0 Å². The Hall–Kier alpha value is 0.0500. The molecular formula is C10H12Cl3N. The zero-order chi connectivity index (χ0) is 9.26. The number of hydrogen-bond acceptors (Lipinski definition) is 1. The molecule has 14 heavy (non-hydrogen) atoms. The van der Waals surface area contributed by atoms with Crippen LogP contribution in [0.4, 0.5) is 0 Å². The van der Waals surface area contributed by atoms with Gasteiger partial charge in [0.25, 0.3) is 0 Å². The molecule has 4 heteroatoms. The lowest BCUT2D eigenvalue weighted by atomic mass is 10.1. The van der Waals surface area contributed by atoms with E-state index >= 15 is 0 Å². The summed E-state index contributed by atoms with van der Waals surface area (Å²) < 4.78 is 0. The van der Waals surface area contributed by atoms with Crippen molar-refractivity contribution in [1.82, 2.24) is 5.32 Å². The second kappa shape index (κ2) is 5.22. The molecule has 0 aromatic heterocycles. The highest BCUT2D eigenvalue weighted by molar-refractivity contribution is 6.33. The summed E-state index contributed by atoms with van der Waals surface area (Å²) >= 11 is 12.0. The second-order valence-corrected chi connectivity index (χ2v) is 4.16. The summed E-state index contributed by atoms with van der Waals surface area (Å²) in [6.45, 7) is 1.08. The van der Waals surface area contributed by atoms with Gasteiger partial charge in [-0.1, -0.05) is 23.2 Å². The molecule has 0 saturated carbocycles. The lowest BCUT2D eigenvalue weighted by Crippen LogP contribution is -2.13. The summed E-state index contributed by atoms with van der Waals surface area (Å²) in [7, 11) is 0. The normalized spacial score (nSPS) is 20.6. The fraction of sp³-hybridized carbons (Fsp3) is 0.400. The van der Waals surface area contributed by atoms with E-state index in [1.165, 1.54) is 6.42 Å². The topological polar surface area (TPSA) is 12.0 Å². The van der Waals surface area contributed by atoms with Gasteiger partial charge in [0.2, 0.25) is 0 Å². The number of hydrogen-bond donors (Lipinski definition) is 1. The molecule has 1 aliphatic heterocycles. The molecule has 1 aromatic rings. The molecule has 0 amide bonds. The van der Waals surface area contributed by atoms with Crippen molar-refractivity contribution >= 4 is 35.6 Å². The van der Waals surface area contributed by atoms with Gasteiger partial charge >= 0.3 is 0 Å². The Morgan fingerprint density at radius 1 is 1.29 bits per heavy atom. The van der Waals surface area contributed by atoms with Crippen LogP contribution in [0, 0.1) is 0 Å². The molecule has 1 unspecified atom stereocenters. The van der Waals surface area contributed by atoms with E-state index in [0.29, 0.717) is 6.04 Å². The predicted octanol–water partition coefficient (Wildman–Crippen LogP) is 3.84. The van der Waals surface area contributed by atoms with Crippen LogP contribution in [-0.2, 0) is 0 Å². The van der Waals surface area contributed by atoms with E-state index in [-0.39, 0.29) is 12.4 Å². The van der Waals surface area contributed by atoms with Gasteiger partial charge in [-0.05, 0) is 43.1 Å². The van der Waals surface area contributed by atoms with Gasteiger partial charge in [0.15, 0.2) is 0 Å². The third-order valence-corrected chi connectivity index (χ3v) is 2.97. The van der Waals surface area contributed by atoms with Gasteiger partial charge in [-0.15, -0.1) is 12.4 Å². The maximum Gasteiger partial charge on any atom is 0.0454 e. The molecule has 1 aliphatic rings. The van der Waals surface area contributed by atoms with Crippen molar-refractivity contribution in [1.29, 1.82) is 0 Å². The highest BCUT2D eigenvalue weighted by Crippen LogP contribution is 2.30. The Balaban J connectivity index is 0.000000980. The first-order valence-electron chi connectivity index (χ1n) is 4.46. The Morgan fingerprint density at radius 3 is 2.71 bits per heavy atom. The van der Waals surface area contributed by atoms with Crippen molar-refractivity contribution in [3.63, 3.8) is 0 Å². The van der Waals surface area contributed by atoms with Crippen LogP contribution >= 0.6 is 35.6 Å². The average molecular weight is 253 g/mol. The lowest BCUT2D eigenvalue weighted by Gasteiger charge is -2.12. The molecule has 0 spiro atoms. The van der Waals surface area contributed by atoms with E-state index < -0.39 is 0 Å². The molecule has 1 nitrogen and oxygen atoms in total. The van der Waals surface area contributed by atoms with E-state index in [1.54, 1.807) is 0 Å². The highest BCUT2D eigenvalue weighted by Gasteiger charge is 2.18. The first-order chi connectivity index (χ1) is 6.27. The van der Waals surface area contributed by atoms with E-state index in [2.05, 4.69) is 5.32 Å². The molecule has 1 saturated heterocycles. The number of rotatable bonds is 1. The van der Waals surface area contributed by atoms with Crippen LogP contribution < -0.4 is 5.32 Å². The standard InChI is InChI=1S/C10H11Cl2N.ClH/c11-7-3-4-9(12)8(6-7)10-2-1-5-13-10;/h3-4,6,10,13H,1-2,5H2;1H. The summed E-state index contributed by atoms with van der Waals surface area (Å²) in [5.41, 5.74) is 1.13. The lowest BCUT2D eigenvalue weighted by molar-refractivity contribution is 0.648. The van der Waals surface area contributed by atoms with Gasteiger partial charge in [0.1, 0.15) is 0 Å². The molecule has 1 fully saturated rings. The number of halogens is 3. The molecule has 1 heterocycles. The van der Waals surface area contributed by atoms with Crippen LogP contribution in [0.2, 0.25) is 10.0 Å². The van der Waals surface area contributed by atoms with Gasteiger partial charge in [0, 0.05) is 16.1 Å². The Morgan fingerprint density at radius 2 is 2.07 bits per heavy atom. The van der Waals surface area contributed by atoms with E-state index in [9.17, 15) is 0 Å². The van der Waals surface area contributed by atoms with E-state index in [4.69, 9.17) is 23.2 Å². The summed E-state index contributed by atoms with van der Waals surface area (Å²) in [5, 5.41) is 4.96. The van der Waals surface area contributed by atoms with Gasteiger partial charge in [-0.3, -0.25) is 0 Å². The van der Waals surface area contributed by atoms with Crippen LogP contribution in [0.1, 0.15) is 24.4 Å². The maximum absolute atomic E-state index is 6.08. The molecule has 2 rings (SSSR count). The monoisotopic (exact) mass is 251 g/mol. The van der Waals surface area contributed by atoms with Crippen molar-refractivity contribution in [3.05, 3.63) is 33.8 Å². The van der Waals surface area contributed by atoms with Crippen molar-refractivity contribution in [2.24, 2.45) is 0 Å². The molecule has 0 aliphatic carbocycles. The zero-order valence-corrected chi connectivity index (χ0v) is 9.92. The van der Waals surface area contributed by atoms with Crippen molar-refractivity contribution in [2.45, 2.75) is 18.9 Å². The minimum absolute atomic E-state index is 0. The van der Waals surface area contributed by atoms with Gasteiger partial charge < -0.3 is 5.32 Å². The molecule has 78 valence electrons. The molecule has 1 N–H and O–H groups in total. The summed E-state index contributed by atoms with van der Waals surface area (Å²) in [5.74, 6) is 0. The van der Waals surface area contributed by atoms with Crippen LogP contribution in [0.25, 0.3) is 0 Å². The van der Waals surface area contributed by atoms with E-state index in [1.807, 2.05) is 18.2 Å². The van der Waals surface area contributed by atoms with Crippen LogP contribution in [-0.4, -0.2) is 6.54 Å². The second-order valence-electron chi connectivity index (χ2n) is 3.31. The first-order valence-corrected chi connectivity index (χ1v) is 5.21. The summed E-state index contributed by atoms with van der Waals surface area (Å²) in [6.07, 6.45) is 2.37. The third kappa shape index (κ3) is 2.54. The van der Waals surface area contributed by atoms with Crippen LogP contribution in [0.15, 0.2) is 18.2 Å². The fourth-order valence-corrected chi connectivity index (χ4v) is 2.16. The number of nitrogens with one attached hydrogen (secondary N) is 1. The third-order valence-electron chi connectivity index (χ3n) is 2.39. The zero-order valence-electron chi connectivity index (χ0n) is 7.59. The minimum Gasteiger partial charge on any atom is -0.310 e. The summed E-state index contributed by atoms with van der Waals surface area (Å²) in [6, 6.07) is 6.03. The van der Waals surface area contributed by atoms with Crippen molar-refractivity contribution in [3.8, 4) is 0 Å². The highest BCUT2D eigenvalue weighted by atomic mass is 35.5. The molecule has 0 radical (unpaired) electrons. The van der Waals surface area contributed by atoms with Crippen molar-refractivity contribution in [2.75, 3.05) is 6.54 Å². The average Bonchev–Trinajstić information content (AvgIpc) is 2.61. The molecule has 1 atom stereocenters. The Bertz CT molecular complexity index is 308. The SMILES string of the molecule is Cl.Clc1ccc(Cl)c(C2CCCN2)c1.